The number of aromatic nitrogens is 1. The highest BCUT2D eigenvalue weighted by atomic mass is 79.9. The van der Waals surface area contributed by atoms with Crippen molar-refractivity contribution in [3.63, 3.8) is 0 Å². The van der Waals surface area contributed by atoms with Gasteiger partial charge < -0.3 is 9.64 Å². The van der Waals surface area contributed by atoms with Crippen molar-refractivity contribution in [2.24, 2.45) is 0 Å². The molecule has 0 radical (unpaired) electrons. The Kier molecular flexibility index (Phi) is 4.05. The topological polar surface area (TPSA) is 25.4 Å². The number of hydrogen-bond donors (Lipinski definition) is 0. The second kappa shape index (κ2) is 5.34. The van der Waals surface area contributed by atoms with Crippen LogP contribution in [-0.4, -0.2) is 36.7 Å². The summed E-state index contributed by atoms with van der Waals surface area (Å²) in [4.78, 5) is 6.67. The third-order valence-electron chi connectivity index (χ3n) is 2.64. The summed E-state index contributed by atoms with van der Waals surface area (Å²) >= 11 is 9.50. The summed E-state index contributed by atoms with van der Waals surface area (Å²) in [5, 5.41) is 0. The molecule has 1 aliphatic rings. The number of rotatable bonds is 2. The Balaban J connectivity index is 2.27. The van der Waals surface area contributed by atoms with E-state index < -0.39 is 0 Å². The number of halogens is 2. The van der Waals surface area contributed by atoms with Crippen LogP contribution < -0.4 is 4.90 Å². The summed E-state index contributed by atoms with van der Waals surface area (Å²) in [5.74, 6) is 1.52. The number of hydrogen-bond acceptors (Lipinski definition) is 3. The van der Waals surface area contributed by atoms with E-state index in [1.165, 1.54) is 0 Å². The first-order valence-corrected chi connectivity index (χ1v) is 6.57. The van der Waals surface area contributed by atoms with Crippen molar-refractivity contribution in [1.82, 2.24) is 4.98 Å². The van der Waals surface area contributed by atoms with E-state index in [-0.39, 0.29) is 6.04 Å². The normalized spacial score (nSPS) is 21.2. The Bertz CT molecular complexity index is 375. The van der Waals surface area contributed by atoms with Gasteiger partial charge in [-0.25, -0.2) is 4.98 Å². The van der Waals surface area contributed by atoms with Gasteiger partial charge in [0, 0.05) is 18.6 Å². The zero-order valence-electron chi connectivity index (χ0n) is 9.12. The molecule has 1 saturated heterocycles. The molecular weight excluding hydrogens is 291 g/mol. The Hall–Kier alpha value is -0.320. The number of morpholine rings is 1. The zero-order valence-corrected chi connectivity index (χ0v) is 11.5. The first-order chi connectivity index (χ1) is 7.72. The smallest absolute Gasteiger partial charge is 0.143 e. The molecule has 2 rings (SSSR count). The molecule has 0 aliphatic carbocycles. The Morgan fingerprint density at radius 3 is 3.19 bits per heavy atom. The van der Waals surface area contributed by atoms with Crippen molar-refractivity contribution in [3.8, 4) is 0 Å². The van der Waals surface area contributed by atoms with E-state index in [0.29, 0.717) is 12.5 Å². The predicted molar refractivity (Wildman–Crippen MR) is 69.3 cm³/mol. The standard InChI is InChI=1S/C11H14BrClN2O/c1-8-4-10(12)11(14-6-8)15-2-3-16-7-9(15)5-13/h4,6,9H,2-3,5,7H2,1H3. The molecule has 0 amide bonds. The van der Waals surface area contributed by atoms with Crippen molar-refractivity contribution in [3.05, 3.63) is 22.3 Å². The second-order valence-electron chi connectivity index (χ2n) is 3.89. The van der Waals surface area contributed by atoms with E-state index in [1.807, 2.05) is 13.1 Å². The van der Waals surface area contributed by atoms with Crippen LogP contribution >= 0.6 is 27.5 Å². The van der Waals surface area contributed by atoms with Gasteiger partial charge in [-0.15, -0.1) is 11.6 Å². The maximum Gasteiger partial charge on any atom is 0.143 e. The average molecular weight is 306 g/mol. The molecule has 1 unspecified atom stereocenters. The van der Waals surface area contributed by atoms with E-state index in [1.54, 1.807) is 0 Å². The number of anilines is 1. The van der Waals surface area contributed by atoms with Crippen molar-refractivity contribution in [2.75, 3.05) is 30.5 Å². The van der Waals surface area contributed by atoms with E-state index in [0.717, 1.165) is 29.0 Å². The SMILES string of the molecule is Cc1cnc(N2CCOCC2CCl)c(Br)c1. The Morgan fingerprint density at radius 2 is 2.50 bits per heavy atom. The molecule has 0 spiro atoms. The minimum absolute atomic E-state index is 0.210. The summed E-state index contributed by atoms with van der Waals surface area (Å²) in [6.45, 7) is 4.27. The fraction of sp³-hybridized carbons (Fsp3) is 0.545. The molecule has 1 aromatic rings. The molecule has 0 saturated carbocycles. The van der Waals surface area contributed by atoms with Crippen LogP contribution in [0, 0.1) is 6.92 Å². The van der Waals surface area contributed by atoms with Crippen molar-refractivity contribution < 1.29 is 4.74 Å². The predicted octanol–water partition coefficient (Wildman–Crippen LogP) is 2.60. The zero-order chi connectivity index (χ0) is 11.5. The molecular formula is C11H14BrClN2O. The lowest BCUT2D eigenvalue weighted by Gasteiger charge is -2.35. The van der Waals surface area contributed by atoms with Gasteiger partial charge in [0.25, 0.3) is 0 Å². The fourth-order valence-corrected chi connectivity index (χ4v) is 2.75. The lowest BCUT2D eigenvalue weighted by Crippen LogP contribution is -2.47. The Labute approximate surface area is 109 Å². The van der Waals surface area contributed by atoms with Gasteiger partial charge in [0.05, 0.1) is 23.7 Å². The van der Waals surface area contributed by atoms with Gasteiger partial charge in [-0.2, -0.15) is 0 Å². The molecule has 3 nitrogen and oxygen atoms in total. The Morgan fingerprint density at radius 1 is 1.69 bits per heavy atom. The van der Waals surface area contributed by atoms with Gasteiger partial charge in [-0.3, -0.25) is 0 Å². The summed E-state index contributed by atoms with van der Waals surface area (Å²) in [7, 11) is 0. The molecule has 0 N–H and O–H groups in total. The lowest BCUT2D eigenvalue weighted by atomic mass is 10.2. The molecule has 1 aliphatic heterocycles. The third kappa shape index (κ3) is 2.50. The highest BCUT2D eigenvalue weighted by Gasteiger charge is 2.24. The largest absolute Gasteiger partial charge is 0.377 e. The van der Waals surface area contributed by atoms with Crippen molar-refractivity contribution >= 4 is 33.3 Å². The van der Waals surface area contributed by atoms with Crippen LogP contribution in [0.3, 0.4) is 0 Å². The van der Waals surface area contributed by atoms with Gasteiger partial charge in [-0.05, 0) is 34.5 Å². The van der Waals surface area contributed by atoms with Gasteiger partial charge in [0.15, 0.2) is 0 Å². The van der Waals surface area contributed by atoms with E-state index in [4.69, 9.17) is 16.3 Å². The van der Waals surface area contributed by atoms with Crippen LogP contribution in [0.1, 0.15) is 5.56 Å². The molecule has 1 aromatic heterocycles. The van der Waals surface area contributed by atoms with Crippen LogP contribution in [0.5, 0.6) is 0 Å². The second-order valence-corrected chi connectivity index (χ2v) is 5.06. The molecule has 16 heavy (non-hydrogen) atoms. The number of ether oxygens (including phenoxy) is 1. The number of aryl methyl sites for hydroxylation is 1. The third-order valence-corrected chi connectivity index (χ3v) is 3.58. The number of pyridine rings is 1. The van der Waals surface area contributed by atoms with Crippen LogP contribution in [-0.2, 0) is 4.74 Å². The molecule has 1 fully saturated rings. The fourth-order valence-electron chi connectivity index (χ4n) is 1.80. The van der Waals surface area contributed by atoms with Gasteiger partial charge in [0.2, 0.25) is 0 Å². The van der Waals surface area contributed by atoms with Gasteiger partial charge >= 0.3 is 0 Å². The first kappa shape index (κ1) is 12.1. The van der Waals surface area contributed by atoms with Gasteiger partial charge in [0.1, 0.15) is 5.82 Å². The summed E-state index contributed by atoms with van der Waals surface area (Å²) in [6, 6.07) is 2.28. The van der Waals surface area contributed by atoms with E-state index in [9.17, 15) is 0 Å². The monoisotopic (exact) mass is 304 g/mol. The van der Waals surface area contributed by atoms with E-state index in [2.05, 4.69) is 31.9 Å². The van der Waals surface area contributed by atoms with Crippen LogP contribution in [0.2, 0.25) is 0 Å². The van der Waals surface area contributed by atoms with Crippen LogP contribution in [0.15, 0.2) is 16.7 Å². The van der Waals surface area contributed by atoms with E-state index >= 15 is 0 Å². The lowest BCUT2D eigenvalue weighted by molar-refractivity contribution is 0.0993. The van der Waals surface area contributed by atoms with Crippen LogP contribution in [0.4, 0.5) is 5.82 Å². The quantitative estimate of drug-likeness (QED) is 0.785. The number of alkyl halides is 1. The average Bonchev–Trinajstić information content (AvgIpc) is 2.29. The molecule has 88 valence electrons. The first-order valence-electron chi connectivity index (χ1n) is 5.25. The highest BCUT2D eigenvalue weighted by molar-refractivity contribution is 9.10. The number of nitrogens with zero attached hydrogens (tertiary/aromatic N) is 2. The molecule has 2 heterocycles. The minimum Gasteiger partial charge on any atom is -0.377 e. The van der Waals surface area contributed by atoms with Gasteiger partial charge in [-0.1, -0.05) is 0 Å². The summed E-state index contributed by atoms with van der Waals surface area (Å²) in [6.07, 6.45) is 1.88. The maximum absolute atomic E-state index is 5.94. The molecule has 0 bridgehead atoms. The maximum atomic E-state index is 5.94. The summed E-state index contributed by atoms with van der Waals surface area (Å²) < 4.78 is 6.44. The molecule has 0 aromatic carbocycles. The van der Waals surface area contributed by atoms with Crippen LogP contribution in [0.25, 0.3) is 0 Å². The van der Waals surface area contributed by atoms with Crippen molar-refractivity contribution in [1.29, 1.82) is 0 Å². The highest BCUT2D eigenvalue weighted by Crippen LogP contribution is 2.27. The molecule has 1 atom stereocenters. The minimum atomic E-state index is 0.210. The van der Waals surface area contributed by atoms with Crippen molar-refractivity contribution in [2.45, 2.75) is 13.0 Å². The molecule has 5 heteroatoms. The summed E-state index contributed by atoms with van der Waals surface area (Å²) in [5.41, 5.74) is 1.14.